The Kier molecular flexibility index (Phi) is 6.33. The van der Waals surface area contributed by atoms with Crippen LogP contribution in [0.3, 0.4) is 0 Å². The number of aromatic nitrogens is 1. The molecule has 7 nitrogen and oxygen atoms in total. The van der Waals surface area contributed by atoms with Gasteiger partial charge in [0.1, 0.15) is 5.82 Å². The van der Waals surface area contributed by atoms with Gasteiger partial charge in [0.2, 0.25) is 5.91 Å². The van der Waals surface area contributed by atoms with Crippen LogP contribution in [0.1, 0.15) is 30.1 Å². The molecule has 0 unspecified atom stereocenters. The van der Waals surface area contributed by atoms with Gasteiger partial charge >= 0.3 is 0 Å². The molecule has 2 rings (SSSR count). The predicted octanol–water partition coefficient (Wildman–Crippen LogP) is 2.67. The molecule has 0 atom stereocenters. The van der Waals surface area contributed by atoms with Gasteiger partial charge < -0.3 is 20.5 Å². The van der Waals surface area contributed by atoms with Crippen LogP contribution in [0.4, 0.5) is 11.5 Å². The van der Waals surface area contributed by atoms with Crippen LogP contribution in [-0.4, -0.2) is 30.4 Å². The third-order valence-corrected chi connectivity index (χ3v) is 3.45. The summed E-state index contributed by atoms with van der Waals surface area (Å²) in [6.07, 6.45) is 2.34. The van der Waals surface area contributed by atoms with Crippen LogP contribution in [0.5, 0.6) is 11.5 Å². The first-order chi connectivity index (χ1) is 12.0. The summed E-state index contributed by atoms with van der Waals surface area (Å²) in [5.74, 6) is 1.25. The second kappa shape index (κ2) is 8.68. The molecule has 7 heteroatoms. The first kappa shape index (κ1) is 18.3. The van der Waals surface area contributed by atoms with E-state index in [0.717, 1.165) is 0 Å². The van der Waals surface area contributed by atoms with E-state index in [1.165, 1.54) is 20.2 Å². The molecule has 1 amide bonds. The molecule has 2 aromatic rings. The molecule has 0 fully saturated rings. The van der Waals surface area contributed by atoms with E-state index in [9.17, 15) is 9.59 Å². The second-order valence-corrected chi connectivity index (χ2v) is 5.39. The minimum atomic E-state index is -0.130. The monoisotopic (exact) mass is 343 g/mol. The Hall–Kier alpha value is -3.09. The number of rotatable bonds is 8. The summed E-state index contributed by atoms with van der Waals surface area (Å²) >= 11 is 0. The molecule has 1 heterocycles. The molecule has 0 saturated carbocycles. The fourth-order valence-corrected chi connectivity index (χ4v) is 2.12. The average Bonchev–Trinajstić information content (AvgIpc) is 2.60. The number of carbonyl (C=O) groups is 2. The molecule has 0 aliphatic heterocycles. The van der Waals surface area contributed by atoms with Gasteiger partial charge in [-0.1, -0.05) is 0 Å². The van der Waals surface area contributed by atoms with Crippen molar-refractivity contribution in [3.05, 3.63) is 42.1 Å². The molecule has 0 spiro atoms. The lowest BCUT2D eigenvalue weighted by Gasteiger charge is -2.11. The molecule has 0 radical (unpaired) electrons. The Morgan fingerprint density at radius 1 is 1.20 bits per heavy atom. The predicted molar refractivity (Wildman–Crippen MR) is 95.0 cm³/mol. The molecular weight excluding hydrogens is 322 g/mol. The third kappa shape index (κ3) is 5.49. The zero-order valence-corrected chi connectivity index (χ0v) is 14.2. The standard InChI is InChI=1S/C18H21N3O4/c1-12(22)13-5-7-15(16(10-13)24-2)25-9-3-4-18(23)21-14-6-8-17(19)20-11-14/h5-8,10-11H,3-4,9H2,1-2H3,(H2,19,20)(H,21,23). The number of Topliss-reactive ketones (excluding diaryl/α,β-unsaturated/α-hetero) is 1. The van der Waals surface area contributed by atoms with E-state index >= 15 is 0 Å². The van der Waals surface area contributed by atoms with Crippen molar-refractivity contribution in [1.29, 1.82) is 0 Å². The minimum absolute atomic E-state index is 0.0429. The summed E-state index contributed by atoms with van der Waals surface area (Å²) in [6, 6.07) is 8.32. The summed E-state index contributed by atoms with van der Waals surface area (Å²) < 4.78 is 10.9. The number of ketones is 1. The van der Waals surface area contributed by atoms with Crippen LogP contribution >= 0.6 is 0 Å². The number of pyridine rings is 1. The van der Waals surface area contributed by atoms with Crippen LogP contribution in [0.25, 0.3) is 0 Å². The SMILES string of the molecule is COc1cc(C(C)=O)ccc1OCCCC(=O)Nc1ccc(N)nc1. The van der Waals surface area contributed by atoms with Gasteiger partial charge in [-0.05, 0) is 43.7 Å². The lowest BCUT2D eigenvalue weighted by atomic mass is 10.1. The highest BCUT2D eigenvalue weighted by molar-refractivity contribution is 5.94. The van der Waals surface area contributed by atoms with Gasteiger partial charge in [0.15, 0.2) is 17.3 Å². The lowest BCUT2D eigenvalue weighted by Crippen LogP contribution is -2.13. The average molecular weight is 343 g/mol. The van der Waals surface area contributed by atoms with E-state index in [1.807, 2.05) is 0 Å². The first-order valence-corrected chi connectivity index (χ1v) is 7.82. The van der Waals surface area contributed by atoms with Crippen molar-refractivity contribution in [3.63, 3.8) is 0 Å². The Morgan fingerprint density at radius 3 is 2.64 bits per heavy atom. The molecule has 0 aliphatic carbocycles. The van der Waals surface area contributed by atoms with Crippen molar-refractivity contribution in [2.75, 3.05) is 24.8 Å². The highest BCUT2D eigenvalue weighted by atomic mass is 16.5. The summed E-state index contributed by atoms with van der Waals surface area (Å²) in [7, 11) is 1.51. The van der Waals surface area contributed by atoms with Gasteiger partial charge in [-0.15, -0.1) is 0 Å². The maximum absolute atomic E-state index is 11.9. The molecule has 132 valence electrons. The zero-order valence-electron chi connectivity index (χ0n) is 14.2. The number of benzene rings is 1. The van der Waals surface area contributed by atoms with Crippen molar-refractivity contribution >= 4 is 23.2 Å². The Balaban J connectivity index is 1.79. The Morgan fingerprint density at radius 2 is 2.00 bits per heavy atom. The highest BCUT2D eigenvalue weighted by Crippen LogP contribution is 2.28. The van der Waals surface area contributed by atoms with Crippen molar-refractivity contribution in [2.45, 2.75) is 19.8 Å². The van der Waals surface area contributed by atoms with E-state index in [4.69, 9.17) is 15.2 Å². The topological polar surface area (TPSA) is 104 Å². The van der Waals surface area contributed by atoms with E-state index in [2.05, 4.69) is 10.3 Å². The molecule has 1 aromatic heterocycles. The van der Waals surface area contributed by atoms with E-state index in [0.29, 0.717) is 48.0 Å². The van der Waals surface area contributed by atoms with E-state index in [1.54, 1.807) is 30.3 Å². The number of amides is 1. The number of carbonyl (C=O) groups excluding carboxylic acids is 2. The van der Waals surface area contributed by atoms with Crippen LogP contribution < -0.4 is 20.5 Å². The molecular formula is C18H21N3O4. The number of nitrogens with two attached hydrogens (primary N) is 1. The molecule has 0 aliphatic rings. The van der Waals surface area contributed by atoms with Gasteiger partial charge in [-0.3, -0.25) is 9.59 Å². The summed E-state index contributed by atoms with van der Waals surface area (Å²) in [4.78, 5) is 27.1. The van der Waals surface area contributed by atoms with Crippen molar-refractivity contribution < 1.29 is 19.1 Å². The number of anilines is 2. The normalized spacial score (nSPS) is 10.2. The van der Waals surface area contributed by atoms with Gasteiger partial charge in [0.05, 0.1) is 25.6 Å². The van der Waals surface area contributed by atoms with Crippen LogP contribution in [0.2, 0.25) is 0 Å². The van der Waals surface area contributed by atoms with Crippen molar-refractivity contribution in [2.24, 2.45) is 0 Å². The summed E-state index contributed by atoms with van der Waals surface area (Å²) in [5.41, 5.74) is 6.65. The molecule has 25 heavy (non-hydrogen) atoms. The maximum Gasteiger partial charge on any atom is 0.224 e. The van der Waals surface area contributed by atoms with Gasteiger partial charge in [0.25, 0.3) is 0 Å². The van der Waals surface area contributed by atoms with Crippen molar-refractivity contribution in [3.8, 4) is 11.5 Å². The fourth-order valence-electron chi connectivity index (χ4n) is 2.12. The van der Waals surface area contributed by atoms with Crippen LogP contribution in [0.15, 0.2) is 36.5 Å². The van der Waals surface area contributed by atoms with E-state index < -0.39 is 0 Å². The summed E-state index contributed by atoms with van der Waals surface area (Å²) in [5, 5.41) is 2.74. The molecule has 3 N–H and O–H groups in total. The molecule has 1 aromatic carbocycles. The van der Waals surface area contributed by atoms with E-state index in [-0.39, 0.29) is 11.7 Å². The van der Waals surface area contributed by atoms with Gasteiger partial charge in [-0.2, -0.15) is 0 Å². The van der Waals surface area contributed by atoms with Crippen LogP contribution in [-0.2, 0) is 4.79 Å². The molecule has 0 saturated heterocycles. The number of hydrogen-bond acceptors (Lipinski definition) is 6. The smallest absolute Gasteiger partial charge is 0.224 e. The number of nitrogens with zero attached hydrogens (tertiary/aromatic N) is 1. The zero-order chi connectivity index (χ0) is 18.2. The Bertz CT molecular complexity index is 744. The third-order valence-electron chi connectivity index (χ3n) is 3.45. The first-order valence-electron chi connectivity index (χ1n) is 7.82. The highest BCUT2D eigenvalue weighted by Gasteiger charge is 2.09. The minimum Gasteiger partial charge on any atom is -0.493 e. The van der Waals surface area contributed by atoms with Gasteiger partial charge in [-0.25, -0.2) is 4.98 Å². The largest absolute Gasteiger partial charge is 0.493 e. The van der Waals surface area contributed by atoms with Crippen molar-refractivity contribution in [1.82, 2.24) is 4.98 Å². The maximum atomic E-state index is 11.9. The lowest BCUT2D eigenvalue weighted by molar-refractivity contribution is -0.116. The number of nitrogens with one attached hydrogen (secondary N) is 1. The van der Waals surface area contributed by atoms with Gasteiger partial charge in [0, 0.05) is 12.0 Å². The number of ether oxygens (including phenoxy) is 2. The number of nitrogen functional groups attached to an aromatic ring is 1. The number of hydrogen-bond donors (Lipinski definition) is 2. The fraction of sp³-hybridized carbons (Fsp3) is 0.278. The molecule has 0 bridgehead atoms. The Labute approximate surface area is 146 Å². The second-order valence-electron chi connectivity index (χ2n) is 5.39. The number of methoxy groups -OCH3 is 1. The quantitative estimate of drug-likeness (QED) is 0.564. The van der Waals surface area contributed by atoms with Crippen LogP contribution in [0, 0.1) is 0 Å². The summed E-state index contributed by atoms with van der Waals surface area (Å²) in [6.45, 7) is 1.84.